The van der Waals surface area contributed by atoms with Gasteiger partial charge in [0.05, 0.1) is 5.56 Å². The molecular formula is C26H25F3N4O2. The van der Waals surface area contributed by atoms with Gasteiger partial charge in [-0.15, -0.1) is 0 Å². The van der Waals surface area contributed by atoms with Gasteiger partial charge in [0.25, 0.3) is 5.91 Å². The lowest BCUT2D eigenvalue weighted by molar-refractivity contribution is -0.138. The first kappa shape index (κ1) is 24.3. The van der Waals surface area contributed by atoms with Gasteiger partial charge in [-0.1, -0.05) is 24.3 Å². The lowest BCUT2D eigenvalue weighted by atomic mass is 9.88. The highest BCUT2D eigenvalue weighted by Crippen LogP contribution is 2.44. The van der Waals surface area contributed by atoms with Gasteiger partial charge in [-0.25, -0.2) is 4.98 Å². The lowest BCUT2D eigenvalue weighted by Gasteiger charge is -2.25. The maximum absolute atomic E-state index is 14.2. The number of carbonyl (C=O) groups is 2. The number of pyridine rings is 1. The minimum atomic E-state index is -4.57. The molecule has 0 bridgehead atoms. The molecule has 1 aromatic heterocycles. The summed E-state index contributed by atoms with van der Waals surface area (Å²) < 4.78 is 42.7. The minimum Gasteiger partial charge on any atom is -0.371 e. The molecule has 6 nitrogen and oxygen atoms in total. The van der Waals surface area contributed by atoms with Crippen molar-refractivity contribution in [3.05, 3.63) is 83.0 Å². The molecule has 3 aromatic rings. The van der Waals surface area contributed by atoms with Gasteiger partial charge < -0.3 is 15.5 Å². The number of aryl methyl sites for hydroxylation is 1. The van der Waals surface area contributed by atoms with Crippen molar-refractivity contribution >= 4 is 29.0 Å². The average Bonchev–Trinajstić information content (AvgIpc) is 3.29. The molecule has 2 amide bonds. The quantitative estimate of drug-likeness (QED) is 0.496. The smallest absolute Gasteiger partial charge is 0.371 e. The molecule has 0 unspecified atom stereocenters. The van der Waals surface area contributed by atoms with E-state index in [2.05, 4.69) is 15.6 Å². The molecule has 2 heterocycles. The molecule has 1 aliphatic heterocycles. The lowest BCUT2D eigenvalue weighted by Crippen LogP contribution is -2.23. The number of alkyl halides is 3. The van der Waals surface area contributed by atoms with E-state index in [0.717, 1.165) is 5.69 Å². The molecular weight excluding hydrogens is 457 g/mol. The molecule has 0 saturated carbocycles. The maximum Gasteiger partial charge on any atom is 0.417 e. The number of halogens is 3. The van der Waals surface area contributed by atoms with Crippen LogP contribution in [0.5, 0.6) is 0 Å². The number of hydrogen-bond acceptors (Lipinski definition) is 4. The molecule has 182 valence electrons. The molecule has 2 aromatic carbocycles. The SMILES string of the molecule is CC(=O)Nc1cc(N2CC[C@@H](c3c(NC(=O)c4ccccc4)ccc(C)c3C(F)(F)F)C2)ccn1. The molecule has 0 spiro atoms. The van der Waals surface area contributed by atoms with Gasteiger partial charge >= 0.3 is 6.18 Å². The van der Waals surface area contributed by atoms with Crippen molar-refractivity contribution < 1.29 is 22.8 Å². The van der Waals surface area contributed by atoms with Crippen molar-refractivity contribution in [1.29, 1.82) is 0 Å². The van der Waals surface area contributed by atoms with E-state index in [-0.39, 0.29) is 22.7 Å². The molecule has 0 aliphatic carbocycles. The van der Waals surface area contributed by atoms with Gasteiger partial charge in [0.15, 0.2) is 0 Å². The number of aromatic nitrogens is 1. The van der Waals surface area contributed by atoms with Crippen molar-refractivity contribution in [1.82, 2.24) is 4.98 Å². The fraction of sp³-hybridized carbons (Fsp3) is 0.269. The van der Waals surface area contributed by atoms with Crippen LogP contribution >= 0.6 is 0 Å². The van der Waals surface area contributed by atoms with Crippen LogP contribution < -0.4 is 15.5 Å². The Bertz CT molecular complexity index is 1250. The molecule has 1 fully saturated rings. The molecule has 2 N–H and O–H groups in total. The second-order valence-corrected chi connectivity index (χ2v) is 8.55. The van der Waals surface area contributed by atoms with Gasteiger partial charge in [-0.2, -0.15) is 13.2 Å². The van der Waals surface area contributed by atoms with Crippen LogP contribution in [0.2, 0.25) is 0 Å². The summed E-state index contributed by atoms with van der Waals surface area (Å²) in [5.74, 6) is -0.814. The predicted octanol–water partition coefficient (Wildman–Crippen LogP) is 5.61. The summed E-state index contributed by atoms with van der Waals surface area (Å²) in [5, 5.41) is 5.34. The van der Waals surface area contributed by atoms with Crippen LogP contribution in [0.3, 0.4) is 0 Å². The predicted molar refractivity (Wildman–Crippen MR) is 129 cm³/mol. The number of amides is 2. The van der Waals surface area contributed by atoms with Gasteiger partial charge in [0, 0.05) is 55.1 Å². The summed E-state index contributed by atoms with van der Waals surface area (Å²) >= 11 is 0. The van der Waals surface area contributed by atoms with E-state index >= 15 is 0 Å². The van der Waals surface area contributed by atoms with E-state index in [1.165, 1.54) is 19.9 Å². The van der Waals surface area contributed by atoms with E-state index in [1.807, 2.05) is 4.90 Å². The second-order valence-electron chi connectivity index (χ2n) is 8.55. The third-order valence-corrected chi connectivity index (χ3v) is 6.03. The molecule has 1 atom stereocenters. The average molecular weight is 483 g/mol. The maximum atomic E-state index is 14.2. The number of nitrogens with one attached hydrogen (secondary N) is 2. The summed E-state index contributed by atoms with van der Waals surface area (Å²) in [4.78, 5) is 30.2. The summed E-state index contributed by atoms with van der Waals surface area (Å²) in [7, 11) is 0. The van der Waals surface area contributed by atoms with Crippen LogP contribution in [-0.2, 0) is 11.0 Å². The summed E-state index contributed by atoms with van der Waals surface area (Å²) in [5.41, 5.74) is 0.785. The second kappa shape index (κ2) is 9.77. The van der Waals surface area contributed by atoms with Gasteiger partial charge in [-0.05, 0) is 48.7 Å². The zero-order valence-electron chi connectivity index (χ0n) is 19.3. The number of rotatable bonds is 5. The Kier molecular flexibility index (Phi) is 6.77. The summed E-state index contributed by atoms with van der Waals surface area (Å²) in [6.45, 7) is 3.65. The van der Waals surface area contributed by atoms with Crippen LogP contribution in [0, 0.1) is 6.92 Å². The summed E-state index contributed by atoms with van der Waals surface area (Å²) in [6, 6.07) is 14.8. The van der Waals surface area contributed by atoms with E-state index in [9.17, 15) is 22.8 Å². The fourth-order valence-electron chi connectivity index (χ4n) is 4.52. The van der Waals surface area contributed by atoms with E-state index < -0.39 is 23.6 Å². The van der Waals surface area contributed by atoms with Crippen LogP contribution in [0.25, 0.3) is 0 Å². The monoisotopic (exact) mass is 482 g/mol. The highest BCUT2D eigenvalue weighted by atomic mass is 19.4. The third kappa shape index (κ3) is 5.45. The number of nitrogens with zero attached hydrogens (tertiary/aromatic N) is 2. The largest absolute Gasteiger partial charge is 0.417 e. The zero-order chi connectivity index (χ0) is 25.2. The first-order valence-electron chi connectivity index (χ1n) is 11.2. The van der Waals surface area contributed by atoms with Crippen molar-refractivity contribution in [2.24, 2.45) is 0 Å². The first-order valence-corrected chi connectivity index (χ1v) is 11.2. The highest BCUT2D eigenvalue weighted by Gasteiger charge is 2.40. The molecule has 1 saturated heterocycles. The molecule has 1 aliphatic rings. The van der Waals surface area contributed by atoms with Crippen LogP contribution in [0.4, 0.5) is 30.4 Å². The van der Waals surface area contributed by atoms with Crippen molar-refractivity contribution in [2.45, 2.75) is 32.4 Å². The first-order chi connectivity index (χ1) is 16.6. The van der Waals surface area contributed by atoms with Gasteiger partial charge in [0.1, 0.15) is 5.82 Å². The Morgan fingerprint density at radius 1 is 1.06 bits per heavy atom. The van der Waals surface area contributed by atoms with E-state index in [4.69, 9.17) is 0 Å². The Balaban J connectivity index is 1.68. The van der Waals surface area contributed by atoms with Crippen molar-refractivity contribution in [2.75, 3.05) is 28.6 Å². The van der Waals surface area contributed by atoms with E-state index in [0.29, 0.717) is 30.9 Å². The Morgan fingerprint density at radius 2 is 1.80 bits per heavy atom. The fourth-order valence-corrected chi connectivity index (χ4v) is 4.52. The third-order valence-electron chi connectivity index (χ3n) is 6.03. The van der Waals surface area contributed by atoms with Crippen molar-refractivity contribution in [3.63, 3.8) is 0 Å². The number of benzene rings is 2. The van der Waals surface area contributed by atoms with Gasteiger partial charge in [-0.3, -0.25) is 9.59 Å². The van der Waals surface area contributed by atoms with Crippen LogP contribution in [-0.4, -0.2) is 29.9 Å². The van der Waals surface area contributed by atoms with Crippen LogP contribution in [0.1, 0.15) is 46.3 Å². The number of anilines is 3. The van der Waals surface area contributed by atoms with Crippen molar-refractivity contribution in [3.8, 4) is 0 Å². The zero-order valence-corrected chi connectivity index (χ0v) is 19.3. The normalized spacial score (nSPS) is 15.7. The summed E-state index contributed by atoms with van der Waals surface area (Å²) in [6.07, 6.45) is -2.55. The Morgan fingerprint density at radius 3 is 2.49 bits per heavy atom. The number of carbonyl (C=O) groups excluding carboxylic acids is 2. The Hall–Kier alpha value is -3.88. The van der Waals surface area contributed by atoms with Crippen LogP contribution in [0.15, 0.2) is 60.8 Å². The molecule has 4 rings (SSSR count). The molecule has 0 radical (unpaired) electrons. The highest BCUT2D eigenvalue weighted by molar-refractivity contribution is 6.04. The molecule has 35 heavy (non-hydrogen) atoms. The van der Waals surface area contributed by atoms with Gasteiger partial charge in [0.2, 0.25) is 5.91 Å². The number of hydrogen-bond donors (Lipinski definition) is 2. The topological polar surface area (TPSA) is 74.3 Å². The molecule has 9 heteroatoms. The van der Waals surface area contributed by atoms with E-state index in [1.54, 1.807) is 54.7 Å². The minimum absolute atomic E-state index is 0.0976. The Labute approximate surface area is 201 Å². The standard InChI is InChI=1S/C26H25F3N4O2/c1-16-8-9-21(32-25(35)18-6-4-3-5-7-18)23(24(16)26(27,28)29)19-11-13-33(15-19)20-10-12-30-22(14-20)31-17(2)34/h3-10,12,14,19H,11,13,15H2,1-2H3,(H,32,35)(H,30,31,34)/t19-/m1/s1.